The Labute approximate surface area is 77.6 Å². The summed E-state index contributed by atoms with van der Waals surface area (Å²) in [6, 6.07) is 0. The molecule has 0 aliphatic heterocycles. The van der Waals surface area contributed by atoms with Crippen LogP contribution in [0.15, 0.2) is 0 Å². The fourth-order valence-corrected chi connectivity index (χ4v) is 0.474. The van der Waals surface area contributed by atoms with Crippen LogP contribution in [0.25, 0.3) is 0 Å². The first-order valence-corrected chi connectivity index (χ1v) is 3.65. The van der Waals surface area contributed by atoms with Gasteiger partial charge in [0, 0.05) is 0 Å². The first-order chi connectivity index (χ1) is 5.95. The number of amides is 1. The number of hydrogen-bond donors (Lipinski definition) is 1. The van der Waals surface area contributed by atoms with Gasteiger partial charge in [0.15, 0.2) is 0 Å². The fraction of sp³-hybridized carbons (Fsp3) is 0.571. The van der Waals surface area contributed by atoms with E-state index in [2.05, 4.69) is 9.97 Å². The van der Waals surface area contributed by atoms with E-state index in [0.717, 1.165) is 7.12 Å². The average Bonchev–Trinajstić information content (AvgIpc) is 1.94. The van der Waals surface area contributed by atoms with Gasteiger partial charge in [-0.3, -0.25) is 0 Å². The van der Waals surface area contributed by atoms with Crippen LogP contribution >= 0.6 is 0 Å². The standard InChI is InChI=1S/C7H11BN2O3/c1-7(2,3)13-6(11)10-4-8-12-5-9/h4H,1-3H3,(H,10,11). The molecule has 70 valence electrons. The molecule has 1 amide bonds. The minimum absolute atomic E-state index is 0.534. The van der Waals surface area contributed by atoms with E-state index < -0.39 is 11.7 Å². The van der Waals surface area contributed by atoms with Gasteiger partial charge < -0.3 is 0 Å². The molecule has 0 unspecified atom stereocenters. The van der Waals surface area contributed by atoms with Crippen molar-refractivity contribution in [2.75, 3.05) is 0 Å². The van der Waals surface area contributed by atoms with Crippen LogP contribution in [0.2, 0.25) is 0 Å². The molecule has 1 N–H and O–H groups in total. The van der Waals surface area contributed by atoms with Crippen molar-refractivity contribution >= 4 is 19.3 Å². The fourth-order valence-electron chi connectivity index (χ4n) is 0.474. The first-order valence-electron chi connectivity index (χ1n) is 3.65. The summed E-state index contributed by atoms with van der Waals surface area (Å²) in [7, 11) is 1.05. The molecule has 0 aliphatic rings. The minimum atomic E-state index is -0.592. The number of rotatable bonds is 2. The molecule has 0 atom stereocenters. The number of ether oxygens (including phenoxy) is 1. The predicted octanol–water partition coefficient (Wildman–Crippen LogP) is 0.388. The van der Waals surface area contributed by atoms with Crippen molar-refractivity contribution in [3.05, 3.63) is 0 Å². The Balaban J connectivity index is 3.72. The van der Waals surface area contributed by atoms with Crippen molar-refractivity contribution in [2.45, 2.75) is 26.4 Å². The van der Waals surface area contributed by atoms with E-state index in [1.54, 1.807) is 20.8 Å². The van der Waals surface area contributed by atoms with Crippen LogP contribution in [-0.2, 0) is 9.39 Å². The predicted molar refractivity (Wildman–Crippen MR) is 47.9 cm³/mol. The number of nitrogens with zero attached hydrogens (tertiary/aromatic N) is 1. The van der Waals surface area contributed by atoms with Crippen molar-refractivity contribution in [1.29, 1.82) is 5.26 Å². The van der Waals surface area contributed by atoms with Crippen molar-refractivity contribution in [3.8, 4) is 6.26 Å². The maximum atomic E-state index is 10.9. The summed E-state index contributed by atoms with van der Waals surface area (Å²) >= 11 is 0. The molecule has 0 heterocycles. The van der Waals surface area contributed by atoms with Gasteiger partial charge in [0.2, 0.25) is 0 Å². The molecule has 13 heavy (non-hydrogen) atoms. The van der Waals surface area contributed by atoms with Crippen molar-refractivity contribution in [2.24, 2.45) is 0 Å². The molecule has 5 nitrogen and oxygen atoms in total. The van der Waals surface area contributed by atoms with E-state index in [1.165, 1.54) is 12.3 Å². The second-order valence-corrected chi connectivity index (χ2v) is 3.16. The van der Waals surface area contributed by atoms with Crippen LogP contribution in [0.4, 0.5) is 4.79 Å². The number of alkyl carbamates (subject to hydrolysis) is 1. The normalized spacial score (nSPS) is 10.0. The second kappa shape index (κ2) is 5.20. The Morgan fingerprint density at radius 3 is 2.69 bits per heavy atom. The zero-order chi connectivity index (χ0) is 10.3. The van der Waals surface area contributed by atoms with E-state index >= 15 is 0 Å². The summed E-state index contributed by atoms with van der Waals surface area (Å²) in [5, 5.41) is 10.2. The summed E-state index contributed by atoms with van der Waals surface area (Å²) in [5.41, 5.74) is -0.534. The molecule has 0 saturated carbocycles. The zero-order valence-corrected chi connectivity index (χ0v) is 7.83. The Hall–Kier alpha value is -1.51. The monoisotopic (exact) mass is 182 g/mol. The molecule has 0 aromatic rings. The van der Waals surface area contributed by atoms with Gasteiger partial charge in [-0.2, -0.15) is 0 Å². The summed E-state index contributed by atoms with van der Waals surface area (Å²) in [6.07, 6.45) is 2.00. The Bertz CT molecular complexity index is 239. The first kappa shape index (κ1) is 11.5. The number of carbonyl (C=O) groups excluding carboxylic acids is 1. The molecule has 0 aromatic heterocycles. The van der Waals surface area contributed by atoms with E-state index in [4.69, 9.17) is 10.00 Å². The van der Waals surface area contributed by atoms with E-state index in [-0.39, 0.29) is 0 Å². The molecule has 0 fully saturated rings. The van der Waals surface area contributed by atoms with Crippen LogP contribution < -0.4 is 5.32 Å². The van der Waals surface area contributed by atoms with E-state index in [9.17, 15) is 4.79 Å². The molecule has 0 spiro atoms. The molecule has 0 saturated heterocycles. The van der Waals surface area contributed by atoms with Gasteiger partial charge in [0.1, 0.15) is 0 Å². The number of nitriles is 1. The summed E-state index contributed by atoms with van der Waals surface area (Å²) < 4.78 is 9.05. The third-order valence-corrected chi connectivity index (χ3v) is 0.789. The van der Waals surface area contributed by atoms with Gasteiger partial charge in [0.05, 0.1) is 0 Å². The third-order valence-electron chi connectivity index (χ3n) is 0.789. The molecular formula is C7H11BN2O3. The Morgan fingerprint density at radius 1 is 1.62 bits per heavy atom. The van der Waals surface area contributed by atoms with E-state index in [0.29, 0.717) is 0 Å². The Kier molecular flexibility index (Phi) is 4.59. The van der Waals surface area contributed by atoms with Crippen molar-refractivity contribution in [1.82, 2.24) is 5.32 Å². The van der Waals surface area contributed by atoms with Crippen molar-refractivity contribution in [3.63, 3.8) is 0 Å². The van der Waals surface area contributed by atoms with Gasteiger partial charge in [-0.25, -0.2) is 0 Å². The van der Waals surface area contributed by atoms with Gasteiger partial charge >= 0.3 is 76.7 Å². The van der Waals surface area contributed by atoms with Gasteiger partial charge in [0.25, 0.3) is 0 Å². The molecule has 0 bridgehead atoms. The third kappa shape index (κ3) is 8.40. The van der Waals surface area contributed by atoms with Crippen LogP contribution in [0.3, 0.4) is 0 Å². The van der Waals surface area contributed by atoms with Crippen LogP contribution in [0, 0.1) is 11.5 Å². The average molecular weight is 182 g/mol. The zero-order valence-electron chi connectivity index (χ0n) is 7.83. The summed E-state index contributed by atoms with van der Waals surface area (Å²) in [5.74, 6) is 0. The molecular weight excluding hydrogens is 171 g/mol. The SMILES string of the molecule is CC(C)(C)OC(=O)NC=BOC#N. The topological polar surface area (TPSA) is 71.3 Å². The molecule has 0 radical (unpaired) electrons. The number of nitrogens with one attached hydrogen (secondary N) is 1. The summed E-state index contributed by atoms with van der Waals surface area (Å²) in [6.45, 7) is 5.26. The second-order valence-electron chi connectivity index (χ2n) is 3.16. The molecule has 0 aromatic carbocycles. The molecule has 6 heteroatoms. The number of carbonyl (C=O) groups is 1. The van der Waals surface area contributed by atoms with Gasteiger partial charge in [-0.05, 0) is 0 Å². The van der Waals surface area contributed by atoms with E-state index in [1.807, 2.05) is 0 Å². The van der Waals surface area contributed by atoms with Crippen LogP contribution in [-0.4, -0.2) is 24.9 Å². The molecule has 0 aliphatic carbocycles. The Morgan fingerprint density at radius 2 is 2.23 bits per heavy atom. The summed E-state index contributed by atoms with van der Waals surface area (Å²) in [4.78, 5) is 10.9. The molecule has 0 rings (SSSR count). The van der Waals surface area contributed by atoms with Crippen LogP contribution in [0.1, 0.15) is 20.8 Å². The van der Waals surface area contributed by atoms with Crippen molar-refractivity contribution < 1.29 is 14.2 Å². The quantitative estimate of drug-likeness (QED) is 0.495. The van der Waals surface area contributed by atoms with Crippen LogP contribution in [0.5, 0.6) is 0 Å². The van der Waals surface area contributed by atoms with Gasteiger partial charge in [-0.15, -0.1) is 0 Å². The number of hydrogen-bond acceptors (Lipinski definition) is 4. The van der Waals surface area contributed by atoms with Gasteiger partial charge in [-0.1, -0.05) is 0 Å². The maximum absolute atomic E-state index is 10.9.